The number of hydrogen-bond donors (Lipinski definition) is 1. The van der Waals surface area contributed by atoms with E-state index >= 15 is 0 Å². The molecule has 1 aromatic rings. The highest BCUT2D eigenvalue weighted by atomic mass is 32.1. The Bertz CT molecular complexity index is 505. The molecule has 1 aromatic heterocycles. The van der Waals surface area contributed by atoms with Crippen molar-refractivity contribution in [2.75, 3.05) is 0 Å². The third-order valence-electron chi connectivity index (χ3n) is 3.76. The van der Waals surface area contributed by atoms with Crippen LogP contribution in [0.25, 0.3) is 0 Å². The van der Waals surface area contributed by atoms with Crippen LogP contribution in [-0.2, 0) is 16.1 Å². The first kappa shape index (κ1) is 16.0. The summed E-state index contributed by atoms with van der Waals surface area (Å²) in [5.41, 5.74) is -0.284. The maximum atomic E-state index is 12.8. The van der Waals surface area contributed by atoms with Gasteiger partial charge in [-0.25, -0.2) is 0 Å². The Hall–Kier alpha value is -1.36. The van der Waals surface area contributed by atoms with E-state index in [2.05, 4.69) is 5.32 Å². The zero-order valence-corrected chi connectivity index (χ0v) is 14.0. The Morgan fingerprint density at radius 3 is 2.57 bits per heavy atom. The predicted octanol–water partition coefficient (Wildman–Crippen LogP) is 2.79. The minimum atomic E-state index is -0.416. The van der Waals surface area contributed by atoms with Gasteiger partial charge in [-0.2, -0.15) is 0 Å². The number of rotatable bonds is 4. The van der Waals surface area contributed by atoms with E-state index in [1.54, 1.807) is 16.2 Å². The zero-order chi connectivity index (χ0) is 15.6. The first-order valence-electron chi connectivity index (χ1n) is 7.48. The van der Waals surface area contributed by atoms with Crippen LogP contribution in [0, 0.1) is 5.41 Å². The van der Waals surface area contributed by atoms with Crippen molar-refractivity contribution in [3.05, 3.63) is 22.4 Å². The highest BCUT2D eigenvalue weighted by Gasteiger charge is 2.45. The molecule has 2 amide bonds. The second-order valence-corrected chi connectivity index (χ2v) is 7.70. The third-order valence-corrected chi connectivity index (χ3v) is 4.62. The van der Waals surface area contributed by atoms with E-state index < -0.39 is 6.04 Å². The average Bonchev–Trinajstić information content (AvgIpc) is 2.86. The Balaban J connectivity index is 2.30. The highest BCUT2D eigenvalue weighted by molar-refractivity contribution is 7.09. The van der Waals surface area contributed by atoms with Crippen LogP contribution < -0.4 is 5.32 Å². The lowest BCUT2D eigenvalue weighted by Gasteiger charge is -2.44. The Kier molecular flexibility index (Phi) is 4.71. The zero-order valence-electron chi connectivity index (χ0n) is 13.2. The molecule has 0 saturated carbocycles. The summed E-state index contributed by atoms with van der Waals surface area (Å²) in [6, 6.07) is 3.20. The van der Waals surface area contributed by atoms with Crippen LogP contribution in [0.1, 0.15) is 45.4 Å². The van der Waals surface area contributed by atoms with Gasteiger partial charge in [-0.3, -0.25) is 9.59 Å². The molecule has 0 bridgehead atoms. The molecule has 0 aliphatic carbocycles. The Labute approximate surface area is 130 Å². The minimum absolute atomic E-state index is 0.0305. The largest absolute Gasteiger partial charge is 0.342 e. The molecule has 1 saturated heterocycles. The summed E-state index contributed by atoms with van der Waals surface area (Å²) in [6.45, 7) is 8.56. The molecular weight excluding hydrogens is 284 g/mol. The minimum Gasteiger partial charge on any atom is -0.342 e. The molecule has 0 radical (unpaired) electrons. The molecule has 4 nitrogen and oxygen atoms in total. The van der Waals surface area contributed by atoms with Gasteiger partial charge in [0.25, 0.3) is 0 Å². The van der Waals surface area contributed by atoms with E-state index in [9.17, 15) is 9.59 Å². The van der Waals surface area contributed by atoms with Crippen molar-refractivity contribution in [3.8, 4) is 0 Å². The van der Waals surface area contributed by atoms with Crippen molar-refractivity contribution in [2.24, 2.45) is 5.41 Å². The molecule has 21 heavy (non-hydrogen) atoms. The number of nitrogens with one attached hydrogen (secondary N) is 1. The van der Waals surface area contributed by atoms with Crippen LogP contribution >= 0.6 is 11.3 Å². The molecule has 1 fully saturated rings. The van der Waals surface area contributed by atoms with Crippen LogP contribution in [0.4, 0.5) is 0 Å². The molecule has 0 aromatic carbocycles. The summed E-state index contributed by atoms with van der Waals surface area (Å²) in [5, 5.41) is 4.91. The second-order valence-electron chi connectivity index (χ2n) is 6.66. The number of carbonyl (C=O) groups excluding carboxylic acids is 2. The molecular formula is C16H24N2O2S. The summed E-state index contributed by atoms with van der Waals surface area (Å²) in [6.07, 6.45) is 1.58. The summed E-state index contributed by atoms with van der Waals surface area (Å²) >= 11 is 1.62. The molecule has 2 unspecified atom stereocenters. The Morgan fingerprint density at radius 1 is 1.33 bits per heavy atom. The van der Waals surface area contributed by atoms with Crippen molar-refractivity contribution in [2.45, 2.75) is 59.2 Å². The first-order chi connectivity index (χ1) is 9.84. The summed E-state index contributed by atoms with van der Waals surface area (Å²) < 4.78 is 0. The molecule has 1 aliphatic rings. The molecule has 116 valence electrons. The monoisotopic (exact) mass is 308 g/mol. The molecule has 2 atom stereocenters. The number of piperazine rings is 1. The van der Waals surface area contributed by atoms with E-state index in [1.165, 1.54) is 0 Å². The normalized spacial score (nSPS) is 23.3. The van der Waals surface area contributed by atoms with E-state index in [0.29, 0.717) is 13.0 Å². The van der Waals surface area contributed by atoms with Crippen molar-refractivity contribution in [3.63, 3.8) is 0 Å². The molecule has 2 rings (SSSR count). The summed E-state index contributed by atoms with van der Waals surface area (Å²) in [7, 11) is 0. The second kappa shape index (κ2) is 6.18. The Morgan fingerprint density at radius 2 is 2.05 bits per heavy atom. The average molecular weight is 308 g/mol. The van der Waals surface area contributed by atoms with Crippen LogP contribution in [-0.4, -0.2) is 28.8 Å². The van der Waals surface area contributed by atoms with E-state index in [4.69, 9.17) is 0 Å². The number of amides is 2. The van der Waals surface area contributed by atoms with Crippen molar-refractivity contribution >= 4 is 23.2 Å². The molecule has 1 N–H and O–H groups in total. The van der Waals surface area contributed by atoms with E-state index in [-0.39, 0.29) is 23.3 Å². The molecule has 2 heterocycles. The lowest BCUT2D eigenvalue weighted by Crippen LogP contribution is -2.66. The van der Waals surface area contributed by atoms with Gasteiger partial charge in [0.15, 0.2) is 0 Å². The van der Waals surface area contributed by atoms with Crippen molar-refractivity contribution in [1.29, 1.82) is 0 Å². The fourth-order valence-electron chi connectivity index (χ4n) is 2.87. The number of nitrogens with zero attached hydrogens (tertiary/aromatic N) is 1. The first-order valence-corrected chi connectivity index (χ1v) is 8.35. The van der Waals surface area contributed by atoms with E-state index in [1.807, 2.05) is 45.2 Å². The van der Waals surface area contributed by atoms with Gasteiger partial charge in [-0.15, -0.1) is 11.3 Å². The van der Waals surface area contributed by atoms with Crippen LogP contribution in [0.15, 0.2) is 17.5 Å². The van der Waals surface area contributed by atoms with Gasteiger partial charge in [0.05, 0.1) is 6.54 Å². The number of thiophene rings is 1. The third kappa shape index (κ3) is 3.46. The molecule has 5 heteroatoms. The summed E-state index contributed by atoms with van der Waals surface area (Å²) in [4.78, 5) is 28.2. The maximum Gasteiger partial charge on any atom is 0.246 e. The van der Waals surface area contributed by atoms with Gasteiger partial charge in [-0.1, -0.05) is 40.2 Å². The quantitative estimate of drug-likeness (QED) is 0.930. The lowest BCUT2D eigenvalue weighted by atomic mass is 9.82. The summed E-state index contributed by atoms with van der Waals surface area (Å²) in [5.74, 6) is 0.0156. The van der Waals surface area contributed by atoms with Gasteiger partial charge in [0.1, 0.15) is 12.1 Å². The van der Waals surface area contributed by atoms with Crippen molar-refractivity contribution in [1.82, 2.24) is 10.2 Å². The number of hydrogen-bond acceptors (Lipinski definition) is 3. The van der Waals surface area contributed by atoms with Gasteiger partial charge in [0.2, 0.25) is 11.8 Å². The molecule has 1 aliphatic heterocycles. The lowest BCUT2D eigenvalue weighted by molar-refractivity contribution is -0.154. The van der Waals surface area contributed by atoms with Gasteiger partial charge in [-0.05, 0) is 23.3 Å². The van der Waals surface area contributed by atoms with Gasteiger partial charge in [0, 0.05) is 4.88 Å². The van der Waals surface area contributed by atoms with Crippen LogP contribution in [0.2, 0.25) is 0 Å². The van der Waals surface area contributed by atoms with Crippen LogP contribution in [0.5, 0.6) is 0 Å². The predicted molar refractivity (Wildman–Crippen MR) is 85.0 cm³/mol. The molecule has 0 spiro atoms. The highest BCUT2D eigenvalue weighted by Crippen LogP contribution is 2.30. The van der Waals surface area contributed by atoms with Crippen molar-refractivity contribution < 1.29 is 9.59 Å². The van der Waals surface area contributed by atoms with Gasteiger partial charge < -0.3 is 10.2 Å². The van der Waals surface area contributed by atoms with Gasteiger partial charge >= 0.3 is 0 Å². The standard InChI is InChI=1S/C16H24N2O2S/c1-5-7-12-15(20)18(10-11-8-6-9-21-11)13(14(19)17-12)16(2,3)4/h6,8-9,12-13H,5,7,10H2,1-4H3,(H,17,19). The number of carbonyl (C=O) groups is 2. The topological polar surface area (TPSA) is 49.4 Å². The van der Waals surface area contributed by atoms with E-state index in [0.717, 1.165) is 11.3 Å². The fourth-order valence-corrected chi connectivity index (χ4v) is 3.57. The maximum absolute atomic E-state index is 12.8. The fraction of sp³-hybridized carbons (Fsp3) is 0.625. The smallest absolute Gasteiger partial charge is 0.246 e. The van der Waals surface area contributed by atoms with Crippen LogP contribution in [0.3, 0.4) is 0 Å². The SMILES string of the molecule is CCCC1NC(=O)C(C(C)(C)C)N(Cc2cccs2)C1=O.